The fraction of sp³-hybridized carbons (Fsp3) is 0.346. The summed E-state index contributed by atoms with van der Waals surface area (Å²) < 4.78 is 22.1. The minimum absolute atomic E-state index is 0.570. The number of fused-ring (bicyclic) bond motifs is 2. The van der Waals surface area contributed by atoms with Crippen LogP contribution in [0.3, 0.4) is 0 Å². The molecule has 0 N–H and O–H groups in total. The van der Waals surface area contributed by atoms with Crippen molar-refractivity contribution in [2.24, 2.45) is 0 Å². The van der Waals surface area contributed by atoms with Gasteiger partial charge in [-0.1, -0.05) is 36.7 Å². The summed E-state index contributed by atoms with van der Waals surface area (Å²) in [6, 6.07) is 16.4. The van der Waals surface area contributed by atoms with E-state index < -0.39 is 0 Å². The highest BCUT2D eigenvalue weighted by Gasteiger charge is 2.23. The number of rotatable bonds is 11. The first-order chi connectivity index (χ1) is 16.2. The maximum atomic E-state index is 5.94. The van der Waals surface area contributed by atoms with E-state index in [2.05, 4.69) is 40.2 Å². The van der Waals surface area contributed by atoms with Gasteiger partial charge in [0, 0.05) is 29.8 Å². The van der Waals surface area contributed by atoms with E-state index in [0.717, 1.165) is 43.8 Å². The fourth-order valence-electron chi connectivity index (χ4n) is 3.95. The van der Waals surface area contributed by atoms with Crippen LogP contribution in [0.25, 0.3) is 0 Å². The lowest BCUT2D eigenvalue weighted by Gasteiger charge is -2.31. The largest absolute Gasteiger partial charge is 0.493 e. The molecule has 1 aromatic heterocycles. The second-order valence-corrected chi connectivity index (χ2v) is 8.75. The average Bonchev–Trinajstić information content (AvgIpc) is 2.86. The van der Waals surface area contributed by atoms with Gasteiger partial charge in [-0.3, -0.25) is 0 Å². The van der Waals surface area contributed by atoms with Crippen LogP contribution in [-0.2, 0) is 0 Å². The SMILES string of the molecule is COc1cc(OCCCCCCN2c3ccccc3Sc3cccnc32)cc(OC)c1OC. The van der Waals surface area contributed by atoms with Crippen molar-refractivity contribution in [3.8, 4) is 23.0 Å². The Kier molecular flexibility index (Phi) is 7.83. The minimum atomic E-state index is 0.570. The molecule has 0 saturated carbocycles. The molecule has 1 aliphatic heterocycles. The molecular formula is C26H30N2O4S. The van der Waals surface area contributed by atoms with E-state index in [-0.39, 0.29) is 0 Å². The van der Waals surface area contributed by atoms with Crippen molar-refractivity contribution in [3.05, 3.63) is 54.7 Å². The number of nitrogens with zero attached hydrogens (tertiary/aromatic N) is 2. The summed E-state index contributed by atoms with van der Waals surface area (Å²) in [6.07, 6.45) is 6.19. The molecule has 0 unspecified atom stereocenters. The number of para-hydroxylation sites is 1. The van der Waals surface area contributed by atoms with Crippen LogP contribution in [0, 0.1) is 0 Å². The number of hydrogen-bond acceptors (Lipinski definition) is 7. The van der Waals surface area contributed by atoms with Crippen molar-refractivity contribution in [1.82, 2.24) is 4.98 Å². The lowest BCUT2D eigenvalue weighted by atomic mass is 10.1. The molecule has 33 heavy (non-hydrogen) atoms. The van der Waals surface area contributed by atoms with Crippen LogP contribution >= 0.6 is 11.8 Å². The third kappa shape index (κ3) is 5.30. The molecule has 1 aliphatic rings. The van der Waals surface area contributed by atoms with Gasteiger partial charge in [0.25, 0.3) is 0 Å². The van der Waals surface area contributed by atoms with Gasteiger partial charge in [-0.15, -0.1) is 0 Å². The molecule has 3 aromatic rings. The smallest absolute Gasteiger partial charge is 0.203 e. The molecule has 0 radical (unpaired) electrons. The molecule has 0 amide bonds. The quantitative estimate of drug-likeness (QED) is 0.305. The number of hydrogen-bond donors (Lipinski definition) is 0. The Morgan fingerprint density at radius 3 is 2.30 bits per heavy atom. The molecule has 0 fully saturated rings. The van der Waals surface area contributed by atoms with E-state index in [0.29, 0.717) is 23.9 Å². The maximum Gasteiger partial charge on any atom is 0.203 e. The van der Waals surface area contributed by atoms with Crippen LogP contribution in [0.1, 0.15) is 25.7 Å². The second kappa shape index (κ2) is 11.2. The number of ether oxygens (including phenoxy) is 4. The fourth-order valence-corrected chi connectivity index (χ4v) is 5.01. The summed E-state index contributed by atoms with van der Waals surface area (Å²) >= 11 is 1.80. The van der Waals surface area contributed by atoms with Gasteiger partial charge >= 0.3 is 0 Å². The molecule has 2 heterocycles. The van der Waals surface area contributed by atoms with Gasteiger partial charge in [0.1, 0.15) is 11.6 Å². The summed E-state index contributed by atoms with van der Waals surface area (Å²) in [6.45, 7) is 1.60. The Balaban J connectivity index is 1.26. The zero-order valence-corrected chi connectivity index (χ0v) is 20.2. The standard InChI is InChI=1S/C26H30N2O4S/c1-29-21-17-19(18-22(30-2)25(21)31-3)32-16-9-5-4-8-15-28-20-11-6-7-12-23(20)33-24-13-10-14-27-26(24)28/h6-7,10-14,17-18H,4-5,8-9,15-16H2,1-3H3. The van der Waals surface area contributed by atoms with Gasteiger partial charge in [0.15, 0.2) is 11.5 Å². The Morgan fingerprint density at radius 1 is 0.818 bits per heavy atom. The van der Waals surface area contributed by atoms with E-state index in [4.69, 9.17) is 18.9 Å². The highest BCUT2D eigenvalue weighted by atomic mass is 32.2. The predicted molar refractivity (Wildman–Crippen MR) is 132 cm³/mol. The molecule has 0 saturated heterocycles. The topological polar surface area (TPSA) is 53.1 Å². The zero-order chi connectivity index (χ0) is 23.0. The van der Waals surface area contributed by atoms with Gasteiger partial charge in [0.2, 0.25) is 5.75 Å². The van der Waals surface area contributed by atoms with Gasteiger partial charge in [-0.2, -0.15) is 0 Å². The highest BCUT2D eigenvalue weighted by Crippen LogP contribution is 2.46. The van der Waals surface area contributed by atoms with Gasteiger partial charge in [-0.25, -0.2) is 4.98 Å². The van der Waals surface area contributed by atoms with E-state index in [1.54, 1.807) is 33.1 Å². The van der Waals surface area contributed by atoms with Crippen molar-refractivity contribution in [1.29, 1.82) is 0 Å². The van der Waals surface area contributed by atoms with Gasteiger partial charge in [0.05, 0.1) is 38.5 Å². The Labute approximate surface area is 199 Å². The molecule has 4 rings (SSSR count). The van der Waals surface area contributed by atoms with Crippen LogP contribution in [0.15, 0.2) is 64.5 Å². The van der Waals surface area contributed by atoms with Crippen LogP contribution in [0.4, 0.5) is 11.5 Å². The number of methoxy groups -OCH3 is 3. The summed E-state index contributed by atoms with van der Waals surface area (Å²) in [5.41, 5.74) is 1.25. The predicted octanol–water partition coefficient (Wildman–Crippen LogP) is 6.35. The molecule has 7 heteroatoms. The average molecular weight is 467 g/mol. The first kappa shape index (κ1) is 23.1. The third-order valence-electron chi connectivity index (χ3n) is 5.57. The minimum Gasteiger partial charge on any atom is -0.493 e. The maximum absolute atomic E-state index is 5.94. The monoisotopic (exact) mass is 466 g/mol. The Bertz CT molecular complexity index is 1010. The molecule has 0 bridgehead atoms. The van der Waals surface area contributed by atoms with Crippen LogP contribution in [0.5, 0.6) is 23.0 Å². The highest BCUT2D eigenvalue weighted by molar-refractivity contribution is 7.99. The van der Waals surface area contributed by atoms with Crippen LogP contribution < -0.4 is 23.8 Å². The van der Waals surface area contributed by atoms with Crippen molar-refractivity contribution in [3.63, 3.8) is 0 Å². The number of unbranched alkanes of at least 4 members (excludes halogenated alkanes) is 3. The van der Waals surface area contributed by atoms with Crippen molar-refractivity contribution in [2.75, 3.05) is 39.4 Å². The van der Waals surface area contributed by atoms with Crippen LogP contribution in [-0.4, -0.2) is 39.5 Å². The normalized spacial score (nSPS) is 12.0. The summed E-state index contributed by atoms with van der Waals surface area (Å²) in [7, 11) is 4.81. The molecule has 0 aliphatic carbocycles. The molecule has 2 aromatic carbocycles. The molecule has 174 valence electrons. The number of anilines is 2. The molecule has 0 spiro atoms. The molecule has 6 nitrogen and oxygen atoms in total. The Hall–Kier alpha value is -3.06. The number of pyridine rings is 1. The lowest BCUT2D eigenvalue weighted by Crippen LogP contribution is -2.23. The van der Waals surface area contributed by atoms with E-state index in [1.807, 2.05) is 24.4 Å². The van der Waals surface area contributed by atoms with E-state index >= 15 is 0 Å². The van der Waals surface area contributed by atoms with Crippen molar-refractivity contribution in [2.45, 2.75) is 35.5 Å². The number of benzene rings is 2. The van der Waals surface area contributed by atoms with E-state index in [1.165, 1.54) is 15.5 Å². The van der Waals surface area contributed by atoms with Crippen molar-refractivity contribution < 1.29 is 18.9 Å². The van der Waals surface area contributed by atoms with E-state index in [9.17, 15) is 0 Å². The number of aromatic nitrogens is 1. The van der Waals surface area contributed by atoms with Gasteiger partial charge < -0.3 is 23.8 Å². The zero-order valence-electron chi connectivity index (χ0n) is 19.4. The Morgan fingerprint density at radius 2 is 1.55 bits per heavy atom. The van der Waals surface area contributed by atoms with Crippen molar-refractivity contribution >= 4 is 23.3 Å². The first-order valence-electron chi connectivity index (χ1n) is 11.2. The summed E-state index contributed by atoms with van der Waals surface area (Å²) in [4.78, 5) is 9.52. The lowest BCUT2D eigenvalue weighted by molar-refractivity contribution is 0.291. The summed E-state index contributed by atoms with van der Waals surface area (Å²) in [5, 5.41) is 0. The van der Waals surface area contributed by atoms with Crippen LogP contribution in [0.2, 0.25) is 0 Å². The van der Waals surface area contributed by atoms with Gasteiger partial charge in [-0.05, 0) is 37.1 Å². The first-order valence-corrected chi connectivity index (χ1v) is 12.0. The second-order valence-electron chi connectivity index (χ2n) is 7.67. The third-order valence-corrected chi connectivity index (χ3v) is 6.67. The summed E-state index contributed by atoms with van der Waals surface area (Å²) in [5.74, 6) is 3.55. The molecule has 0 atom stereocenters. The molecular weight excluding hydrogens is 436 g/mol.